The fraction of sp³-hybridized carbons (Fsp3) is 0.211. The van der Waals surface area contributed by atoms with E-state index in [1.807, 2.05) is 25.1 Å². The molecule has 0 aliphatic rings. The second-order valence-corrected chi connectivity index (χ2v) is 9.05. The molecule has 0 fully saturated rings. The Labute approximate surface area is 170 Å². The minimum absolute atomic E-state index is 0.00487. The van der Waals surface area contributed by atoms with E-state index in [1.165, 1.54) is 6.07 Å². The van der Waals surface area contributed by atoms with Crippen LogP contribution in [0.4, 0.5) is 0 Å². The number of fused-ring (bicyclic) bond motifs is 2. The normalized spacial score (nSPS) is 12.2. The quantitative estimate of drug-likeness (QED) is 0.483. The van der Waals surface area contributed by atoms with Gasteiger partial charge in [0.2, 0.25) is 10.0 Å². The van der Waals surface area contributed by atoms with Crippen molar-refractivity contribution in [3.63, 3.8) is 0 Å². The number of H-pyrrole nitrogens is 1. The summed E-state index contributed by atoms with van der Waals surface area (Å²) in [5.41, 5.74) is 2.34. The summed E-state index contributed by atoms with van der Waals surface area (Å²) in [6.07, 6.45) is 0. The van der Waals surface area contributed by atoms with Crippen LogP contribution in [0, 0.1) is 6.92 Å². The molecule has 2 aromatic carbocycles. The smallest absolute Gasteiger partial charge is 0.252 e. The van der Waals surface area contributed by atoms with Crippen LogP contribution in [-0.2, 0) is 16.6 Å². The lowest BCUT2D eigenvalue weighted by Gasteiger charge is -2.21. The zero-order valence-corrected chi connectivity index (χ0v) is 17.1. The molecule has 2 N–H and O–H groups in total. The summed E-state index contributed by atoms with van der Waals surface area (Å²) in [5.74, 6) is 0. The van der Waals surface area contributed by atoms with Crippen LogP contribution >= 0.6 is 11.7 Å². The first-order valence-electron chi connectivity index (χ1n) is 8.85. The van der Waals surface area contributed by atoms with Gasteiger partial charge in [0.1, 0.15) is 15.9 Å². The first-order chi connectivity index (χ1) is 13.9. The number of aliphatic hydroxyl groups is 1. The number of aromatic amines is 1. The van der Waals surface area contributed by atoms with Gasteiger partial charge in [0.05, 0.1) is 23.9 Å². The third-order valence-electron chi connectivity index (χ3n) is 4.73. The number of sulfonamides is 1. The highest BCUT2D eigenvalue weighted by Crippen LogP contribution is 2.25. The second-order valence-electron chi connectivity index (χ2n) is 6.61. The Morgan fingerprint density at radius 3 is 2.76 bits per heavy atom. The molecule has 0 aliphatic heterocycles. The molecule has 4 rings (SSSR count). The average molecular weight is 431 g/mol. The number of nitrogens with one attached hydrogen (secondary N) is 1. The number of pyridine rings is 1. The topological polar surface area (TPSA) is 116 Å². The molecule has 0 amide bonds. The lowest BCUT2D eigenvalue weighted by molar-refractivity contribution is 0.251. The van der Waals surface area contributed by atoms with Crippen molar-refractivity contribution in [1.29, 1.82) is 0 Å². The molecule has 29 heavy (non-hydrogen) atoms. The summed E-state index contributed by atoms with van der Waals surface area (Å²) < 4.78 is 35.9. The molecule has 150 valence electrons. The maximum absolute atomic E-state index is 13.3. The SMILES string of the molecule is Cc1cccc2cc(CN(CCO)S(=O)(=O)c3cccc4nsnc34)c(=O)[nH]c12. The third-order valence-corrected chi connectivity index (χ3v) is 7.15. The first kappa shape index (κ1) is 19.6. The highest BCUT2D eigenvalue weighted by Gasteiger charge is 2.28. The molecule has 0 aliphatic carbocycles. The molecule has 8 nitrogen and oxygen atoms in total. The number of hydrogen-bond acceptors (Lipinski definition) is 7. The minimum Gasteiger partial charge on any atom is -0.395 e. The summed E-state index contributed by atoms with van der Waals surface area (Å²) in [7, 11) is -4.01. The van der Waals surface area contributed by atoms with Crippen molar-refractivity contribution in [3.05, 3.63) is 63.9 Å². The second kappa shape index (κ2) is 7.64. The maximum atomic E-state index is 13.3. The Hall–Kier alpha value is -2.66. The number of aromatic nitrogens is 3. The fourth-order valence-corrected chi connectivity index (χ4v) is 5.42. The van der Waals surface area contributed by atoms with Crippen LogP contribution in [0.5, 0.6) is 0 Å². The van der Waals surface area contributed by atoms with E-state index in [0.29, 0.717) is 11.1 Å². The monoisotopic (exact) mass is 430 g/mol. The largest absolute Gasteiger partial charge is 0.395 e. The van der Waals surface area contributed by atoms with E-state index in [9.17, 15) is 18.3 Å². The molecule has 0 unspecified atom stereocenters. The van der Waals surface area contributed by atoms with Crippen molar-refractivity contribution in [2.75, 3.05) is 13.2 Å². The molecular formula is C19H18N4O4S2. The predicted molar refractivity (Wildman–Crippen MR) is 111 cm³/mol. The van der Waals surface area contributed by atoms with Crippen LogP contribution in [0.1, 0.15) is 11.1 Å². The number of nitrogens with zero attached hydrogens (tertiary/aromatic N) is 3. The van der Waals surface area contributed by atoms with E-state index in [1.54, 1.807) is 18.2 Å². The summed E-state index contributed by atoms with van der Waals surface area (Å²) in [6, 6.07) is 12.0. The molecular weight excluding hydrogens is 412 g/mol. The number of hydrogen-bond donors (Lipinski definition) is 2. The van der Waals surface area contributed by atoms with Gasteiger partial charge < -0.3 is 10.1 Å². The number of aliphatic hydroxyl groups excluding tert-OH is 1. The van der Waals surface area contributed by atoms with Gasteiger partial charge in [-0.2, -0.15) is 13.1 Å². The van der Waals surface area contributed by atoms with Crippen LogP contribution in [0.15, 0.2) is 52.2 Å². The summed E-state index contributed by atoms with van der Waals surface area (Å²) in [5, 5.41) is 10.3. The molecule has 4 aromatic rings. The van der Waals surface area contributed by atoms with E-state index in [-0.39, 0.29) is 35.7 Å². The van der Waals surface area contributed by atoms with E-state index >= 15 is 0 Å². The van der Waals surface area contributed by atoms with Crippen molar-refractivity contribution in [1.82, 2.24) is 18.0 Å². The number of aryl methyl sites for hydroxylation is 1. The van der Waals surface area contributed by atoms with E-state index < -0.39 is 10.0 Å². The van der Waals surface area contributed by atoms with Crippen LogP contribution in [-0.4, -0.2) is 44.7 Å². The van der Waals surface area contributed by atoms with Gasteiger partial charge in [-0.05, 0) is 36.1 Å². The van der Waals surface area contributed by atoms with Crippen molar-refractivity contribution < 1.29 is 13.5 Å². The van der Waals surface area contributed by atoms with E-state index in [2.05, 4.69) is 13.7 Å². The van der Waals surface area contributed by atoms with Gasteiger partial charge in [-0.25, -0.2) is 8.42 Å². The van der Waals surface area contributed by atoms with Crippen LogP contribution in [0.3, 0.4) is 0 Å². The van der Waals surface area contributed by atoms with E-state index in [0.717, 1.165) is 32.5 Å². The highest BCUT2D eigenvalue weighted by molar-refractivity contribution is 7.89. The summed E-state index contributed by atoms with van der Waals surface area (Å²) in [6.45, 7) is 1.19. The van der Waals surface area contributed by atoms with Gasteiger partial charge in [0.15, 0.2) is 0 Å². The average Bonchev–Trinajstić information content (AvgIpc) is 3.17. The lowest BCUT2D eigenvalue weighted by atomic mass is 10.1. The molecule has 2 heterocycles. The number of rotatable bonds is 6. The third kappa shape index (κ3) is 3.55. The number of para-hydroxylation sites is 1. The summed E-state index contributed by atoms with van der Waals surface area (Å²) >= 11 is 0.930. The van der Waals surface area contributed by atoms with Gasteiger partial charge in [0, 0.05) is 18.7 Å². The Morgan fingerprint density at radius 2 is 1.97 bits per heavy atom. The fourth-order valence-electron chi connectivity index (χ4n) is 3.26. The zero-order valence-electron chi connectivity index (χ0n) is 15.5. The maximum Gasteiger partial charge on any atom is 0.252 e. The molecule has 2 aromatic heterocycles. The standard InChI is InChI=1S/C19H18N4O4S2/c1-12-4-2-5-13-10-14(19(25)20-17(12)13)11-23(8-9-24)29(26,27)16-7-3-6-15-18(16)22-28-21-15/h2-7,10,24H,8-9,11H2,1H3,(H,20,25). The molecule has 0 saturated carbocycles. The van der Waals surface area contributed by atoms with Crippen molar-refractivity contribution in [2.45, 2.75) is 18.4 Å². The Kier molecular flexibility index (Phi) is 5.17. The van der Waals surface area contributed by atoms with Crippen molar-refractivity contribution >= 4 is 43.7 Å². The summed E-state index contributed by atoms with van der Waals surface area (Å²) in [4.78, 5) is 15.4. The minimum atomic E-state index is -4.01. The van der Waals surface area contributed by atoms with Crippen molar-refractivity contribution in [3.8, 4) is 0 Å². The molecule has 10 heteroatoms. The zero-order chi connectivity index (χ0) is 20.6. The number of benzene rings is 2. The molecule has 0 radical (unpaired) electrons. The Bertz CT molecular complexity index is 1360. The first-order valence-corrected chi connectivity index (χ1v) is 11.0. The highest BCUT2D eigenvalue weighted by atomic mass is 32.2. The van der Waals surface area contributed by atoms with Gasteiger partial charge >= 0.3 is 0 Å². The molecule has 0 spiro atoms. The Balaban J connectivity index is 1.79. The van der Waals surface area contributed by atoms with Gasteiger partial charge in [0.25, 0.3) is 5.56 Å². The van der Waals surface area contributed by atoms with Crippen molar-refractivity contribution in [2.24, 2.45) is 0 Å². The van der Waals surface area contributed by atoms with E-state index in [4.69, 9.17) is 0 Å². The molecule has 0 atom stereocenters. The lowest BCUT2D eigenvalue weighted by Crippen LogP contribution is -2.35. The van der Waals surface area contributed by atoms with Crippen LogP contribution in [0.2, 0.25) is 0 Å². The van der Waals surface area contributed by atoms with Gasteiger partial charge in [-0.3, -0.25) is 4.79 Å². The Morgan fingerprint density at radius 1 is 1.17 bits per heavy atom. The molecule has 0 bridgehead atoms. The van der Waals surface area contributed by atoms with Gasteiger partial charge in [-0.15, -0.1) is 0 Å². The molecule has 0 saturated heterocycles. The van der Waals surface area contributed by atoms with Gasteiger partial charge in [-0.1, -0.05) is 24.3 Å². The van der Waals surface area contributed by atoms with Crippen LogP contribution in [0.25, 0.3) is 21.9 Å². The van der Waals surface area contributed by atoms with Crippen LogP contribution < -0.4 is 5.56 Å². The predicted octanol–water partition coefficient (Wildman–Crippen LogP) is 2.02.